The second-order valence-corrected chi connectivity index (χ2v) is 3.84. The first-order chi connectivity index (χ1) is 9.83. The number of hydrogen-bond acceptors (Lipinski definition) is 5. The lowest BCUT2D eigenvalue weighted by Crippen LogP contribution is -2.29. The predicted molar refractivity (Wildman–Crippen MR) is 66.0 cm³/mol. The van der Waals surface area contributed by atoms with Crippen molar-refractivity contribution in [1.29, 1.82) is 0 Å². The van der Waals surface area contributed by atoms with Gasteiger partial charge in [0.15, 0.2) is 5.84 Å². The molecule has 0 fully saturated rings. The smallest absolute Gasteiger partial charge is 0.409 e. The maximum atomic E-state index is 11.8. The highest BCUT2D eigenvalue weighted by molar-refractivity contribution is 5.98. The van der Waals surface area contributed by atoms with Gasteiger partial charge in [-0.25, -0.2) is 0 Å². The van der Waals surface area contributed by atoms with Crippen molar-refractivity contribution in [2.45, 2.75) is 6.18 Å². The van der Waals surface area contributed by atoms with E-state index < -0.39 is 18.7 Å². The molecule has 116 valence electrons. The van der Waals surface area contributed by atoms with Gasteiger partial charge in [-0.05, 0) is 12.1 Å². The van der Waals surface area contributed by atoms with Gasteiger partial charge in [0.05, 0.1) is 6.61 Å². The highest BCUT2D eigenvalue weighted by Gasteiger charge is 2.27. The van der Waals surface area contributed by atoms with E-state index in [9.17, 15) is 18.0 Å². The fraction of sp³-hybridized carbons (Fsp3) is 0.364. The average molecular weight is 306 g/mol. The minimum Gasteiger partial charge on any atom is -0.409 e. The van der Waals surface area contributed by atoms with Gasteiger partial charge in [-0.3, -0.25) is 9.78 Å². The largest absolute Gasteiger partial charge is 0.411 e. The van der Waals surface area contributed by atoms with Crippen LogP contribution in [0.4, 0.5) is 13.2 Å². The second-order valence-electron chi connectivity index (χ2n) is 3.84. The number of hydrogen-bond donors (Lipinski definition) is 3. The Kier molecular flexibility index (Phi) is 5.91. The molecule has 0 saturated carbocycles. The molecule has 1 heterocycles. The maximum Gasteiger partial charge on any atom is 0.411 e. The lowest BCUT2D eigenvalue weighted by molar-refractivity contribution is -0.173. The molecule has 0 aliphatic rings. The van der Waals surface area contributed by atoms with Gasteiger partial charge in [-0.1, -0.05) is 5.16 Å². The summed E-state index contributed by atoms with van der Waals surface area (Å²) in [6, 6.07) is 2.75. The number of carbonyl (C=O) groups is 1. The zero-order valence-electron chi connectivity index (χ0n) is 10.7. The van der Waals surface area contributed by atoms with Crippen molar-refractivity contribution >= 4 is 11.7 Å². The van der Waals surface area contributed by atoms with Crippen LogP contribution in [-0.2, 0) is 4.74 Å². The van der Waals surface area contributed by atoms with Gasteiger partial charge in [0.1, 0.15) is 12.3 Å². The van der Waals surface area contributed by atoms with E-state index in [-0.39, 0.29) is 24.7 Å². The van der Waals surface area contributed by atoms with Crippen molar-refractivity contribution in [3.8, 4) is 0 Å². The van der Waals surface area contributed by atoms with Crippen molar-refractivity contribution in [3.63, 3.8) is 0 Å². The Morgan fingerprint density at radius 2 is 2.19 bits per heavy atom. The SMILES string of the molecule is NC(=NO)c1ccc(C(=O)NCCOCC(F)(F)F)nc1. The summed E-state index contributed by atoms with van der Waals surface area (Å²) in [7, 11) is 0. The van der Waals surface area contributed by atoms with Gasteiger partial charge in [0.25, 0.3) is 5.91 Å². The number of carbonyl (C=O) groups excluding carboxylic acids is 1. The Morgan fingerprint density at radius 1 is 1.48 bits per heavy atom. The summed E-state index contributed by atoms with van der Waals surface area (Å²) in [6.45, 7) is -1.72. The first-order valence-corrected chi connectivity index (χ1v) is 5.70. The summed E-state index contributed by atoms with van der Waals surface area (Å²) in [5.74, 6) is -0.730. The Morgan fingerprint density at radius 3 is 2.71 bits per heavy atom. The zero-order valence-corrected chi connectivity index (χ0v) is 10.7. The van der Waals surface area contributed by atoms with E-state index in [1.54, 1.807) is 0 Å². The number of nitrogens with one attached hydrogen (secondary N) is 1. The van der Waals surface area contributed by atoms with Gasteiger partial charge in [0.2, 0.25) is 0 Å². The van der Waals surface area contributed by atoms with Crippen LogP contribution in [0.25, 0.3) is 0 Å². The Hall–Kier alpha value is -2.36. The summed E-state index contributed by atoms with van der Waals surface area (Å²) in [5, 5.41) is 13.6. The van der Waals surface area contributed by atoms with Crippen LogP contribution in [0.2, 0.25) is 0 Å². The molecular weight excluding hydrogens is 293 g/mol. The molecule has 1 aromatic heterocycles. The molecule has 10 heteroatoms. The molecule has 0 unspecified atom stereocenters. The second kappa shape index (κ2) is 7.43. The normalized spacial score (nSPS) is 12.2. The van der Waals surface area contributed by atoms with Crippen molar-refractivity contribution in [1.82, 2.24) is 10.3 Å². The Labute approximate surface area is 117 Å². The number of rotatable bonds is 6. The van der Waals surface area contributed by atoms with Gasteiger partial charge in [-0.15, -0.1) is 0 Å². The number of alkyl halides is 3. The summed E-state index contributed by atoms with van der Waals surface area (Å²) in [5.41, 5.74) is 5.68. The van der Waals surface area contributed by atoms with Gasteiger partial charge < -0.3 is 21.0 Å². The number of aromatic nitrogens is 1. The van der Waals surface area contributed by atoms with E-state index in [1.807, 2.05) is 0 Å². The highest BCUT2D eigenvalue weighted by Crippen LogP contribution is 2.13. The van der Waals surface area contributed by atoms with E-state index in [0.717, 1.165) is 0 Å². The third-order valence-corrected chi connectivity index (χ3v) is 2.20. The molecule has 1 amide bonds. The fourth-order valence-electron chi connectivity index (χ4n) is 1.25. The Bertz CT molecular complexity index is 502. The minimum atomic E-state index is -4.39. The van der Waals surface area contributed by atoms with E-state index in [1.165, 1.54) is 18.3 Å². The van der Waals surface area contributed by atoms with Crippen molar-refractivity contribution < 1.29 is 27.9 Å². The van der Waals surface area contributed by atoms with E-state index in [4.69, 9.17) is 10.9 Å². The van der Waals surface area contributed by atoms with Crippen LogP contribution in [-0.4, -0.2) is 47.9 Å². The van der Waals surface area contributed by atoms with Crippen LogP contribution in [0.1, 0.15) is 16.1 Å². The number of oxime groups is 1. The first kappa shape index (κ1) is 16.7. The molecule has 0 aromatic carbocycles. The molecule has 0 aliphatic carbocycles. The molecule has 0 radical (unpaired) electrons. The fourth-order valence-corrected chi connectivity index (χ4v) is 1.25. The third-order valence-electron chi connectivity index (χ3n) is 2.20. The molecule has 0 spiro atoms. The molecule has 0 atom stereocenters. The monoisotopic (exact) mass is 306 g/mol. The standard InChI is InChI=1S/C11H13F3N4O3/c12-11(13,14)6-21-4-3-16-10(19)8-2-1-7(5-17-8)9(15)18-20/h1-2,5,20H,3-4,6H2,(H2,15,18)(H,16,19). The topological polar surface area (TPSA) is 110 Å². The molecule has 0 bridgehead atoms. The molecule has 7 nitrogen and oxygen atoms in total. The Balaban J connectivity index is 2.39. The highest BCUT2D eigenvalue weighted by atomic mass is 19.4. The predicted octanol–water partition coefficient (Wildman–Crippen LogP) is 0.485. The number of amides is 1. The first-order valence-electron chi connectivity index (χ1n) is 5.70. The number of pyridine rings is 1. The van der Waals surface area contributed by atoms with Crippen molar-refractivity contribution in [3.05, 3.63) is 29.6 Å². The van der Waals surface area contributed by atoms with Gasteiger partial charge in [-0.2, -0.15) is 13.2 Å². The number of amidine groups is 1. The van der Waals surface area contributed by atoms with E-state index in [2.05, 4.69) is 20.2 Å². The molecule has 4 N–H and O–H groups in total. The van der Waals surface area contributed by atoms with Gasteiger partial charge in [0, 0.05) is 18.3 Å². The van der Waals surface area contributed by atoms with E-state index >= 15 is 0 Å². The van der Waals surface area contributed by atoms with Crippen LogP contribution in [0.3, 0.4) is 0 Å². The molecular formula is C11H13F3N4O3. The molecule has 1 rings (SSSR count). The number of nitrogens with two attached hydrogens (primary N) is 1. The van der Waals surface area contributed by atoms with Crippen LogP contribution in [0, 0.1) is 0 Å². The van der Waals surface area contributed by atoms with E-state index in [0.29, 0.717) is 5.56 Å². The maximum absolute atomic E-state index is 11.8. The minimum absolute atomic E-state index is 0.0420. The van der Waals surface area contributed by atoms with Crippen LogP contribution >= 0.6 is 0 Å². The molecule has 0 saturated heterocycles. The van der Waals surface area contributed by atoms with Gasteiger partial charge >= 0.3 is 6.18 Å². The molecule has 0 aliphatic heterocycles. The van der Waals surface area contributed by atoms with Crippen LogP contribution < -0.4 is 11.1 Å². The number of nitrogens with zero attached hydrogens (tertiary/aromatic N) is 2. The molecule has 21 heavy (non-hydrogen) atoms. The van der Waals surface area contributed by atoms with Crippen LogP contribution in [0.15, 0.2) is 23.5 Å². The lowest BCUT2D eigenvalue weighted by Gasteiger charge is -2.08. The zero-order chi connectivity index (χ0) is 15.9. The van der Waals surface area contributed by atoms with Crippen molar-refractivity contribution in [2.75, 3.05) is 19.8 Å². The summed E-state index contributed by atoms with van der Waals surface area (Å²) >= 11 is 0. The lowest BCUT2D eigenvalue weighted by atomic mass is 10.2. The third kappa shape index (κ3) is 6.08. The quantitative estimate of drug-likeness (QED) is 0.233. The summed E-state index contributed by atoms with van der Waals surface area (Å²) in [4.78, 5) is 15.4. The number of ether oxygens (including phenoxy) is 1. The summed E-state index contributed by atoms with van der Waals surface area (Å²) < 4.78 is 39.7. The number of halogens is 3. The summed E-state index contributed by atoms with van der Waals surface area (Å²) in [6.07, 6.45) is -3.17. The van der Waals surface area contributed by atoms with Crippen LogP contribution in [0.5, 0.6) is 0 Å². The average Bonchev–Trinajstić information content (AvgIpc) is 2.44. The molecule has 1 aromatic rings. The van der Waals surface area contributed by atoms with Crippen molar-refractivity contribution in [2.24, 2.45) is 10.9 Å².